The van der Waals surface area contributed by atoms with Crippen LogP contribution >= 0.6 is 11.8 Å². The summed E-state index contributed by atoms with van der Waals surface area (Å²) >= 11 is 1.29. The molecule has 0 spiro atoms. The van der Waals surface area contributed by atoms with Gasteiger partial charge in [-0.3, -0.25) is 24.7 Å². The van der Waals surface area contributed by atoms with E-state index in [1.807, 2.05) is 30.3 Å². The minimum Gasteiger partial charge on any atom is -0.281 e. The quantitative estimate of drug-likeness (QED) is 0.334. The number of thioether (sulfide) groups is 1. The standard InChI is InChI=1S/C23H26N4O3S/c1-16(2)25(17(3)4)15-26-22(28)21(14-18-9-8-12-20(13-18)27(29)30)31-23(26)24-19-10-6-5-7-11-19/h5-14,16-17H,15H2,1-4H3/b21-14-,24-23?. The summed E-state index contributed by atoms with van der Waals surface area (Å²) in [5.41, 5.74) is 1.36. The number of carbonyl (C=O) groups is 1. The fraction of sp³-hybridized carbons (Fsp3) is 0.304. The van der Waals surface area contributed by atoms with Crippen molar-refractivity contribution in [1.82, 2.24) is 9.80 Å². The van der Waals surface area contributed by atoms with Crippen LogP contribution in [0.3, 0.4) is 0 Å². The number of amidine groups is 1. The van der Waals surface area contributed by atoms with E-state index < -0.39 is 4.92 Å². The van der Waals surface area contributed by atoms with Gasteiger partial charge in [0.15, 0.2) is 5.17 Å². The maximum Gasteiger partial charge on any atom is 0.270 e. The van der Waals surface area contributed by atoms with Gasteiger partial charge >= 0.3 is 0 Å². The number of amides is 1. The summed E-state index contributed by atoms with van der Waals surface area (Å²) in [6.07, 6.45) is 1.69. The van der Waals surface area contributed by atoms with Crippen LogP contribution in [-0.2, 0) is 4.79 Å². The van der Waals surface area contributed by atoms with Crippen LogP contribution in [0.25, 0.3) is 6.08 Å². The molecule has 31 heavy (non-hydrogen) atoms. The molecule has 2 aromatic rings. The Morgan fingerprint density at radius 1 is 1.10 bits per heavy atom. The highest BCUT2D eigenvalue weighted by Crippen LogP contribution is 2.35. The summed E-state index contributed by atoms with van der Waals surface area (Å²) in [7, 11) is 0. The first-order valence-electron chi connectivity index (χ1n) is 10.1. The van der Waals surface area contributed by atoms with E-state index in [1.165, 1.54) is 23.9 Å². The first-order valence-corrected chi connectivity index (χ1v) is 10.9. The molecule has 1 fully saturated rings. The van der Waals surface area contributed by atoms with E-state index in [0.29, 0.717) is 22.3 Å². The number of nitro benzene ring substituents is 1. The van der Waals surface area contributed by atoms with Crippen molar-refractivity contribution in [2.24, 2.45) is 4.99 Å². The van der Waals surface area contributed by atoms with E-state index >= 15 is 0 Å². The van der Waals surface area contributed by atoms with Gasteiger partial charge in [-0.15, -0.1) is 0 Å². The average molecular weight is 439 g/mol. The number of rotatable bonds is 7. The molecule has 8 heteroatoms. The lowest BCUT2D eigenvalue weighted by Gasteiger charge is -2.33. The van der Waals surface area contributed by atoms with Crippen molar-refractivity contribution in [3.63, 3.8) is 0 Å². The van der Waals surface area contributed by atoms with Crippen molar-refractivity contribution >= 4 is 40.3 Å². The molecule has 7 nitrogen and oxygen atoms in total. The Morgan fingerprint density at radius 3 is 2.39 bits per heavy atom. The third-order valence-electron chi connectivity index (χ3n) is 4.88. The Hall–Kier alpha value is -2.97. The fourth-order valence-corrected chi connectivity index (χ4v) is 4.29. The number of non-ortho nitro benzene ring substituents is 1. The number of aliphatic imine (C=N–C) groups is 1. The molecule has 1 heterocycles. The van der Waals surface area contributed by atoms with E-state index in [0.717, 1.165) is 5.69 Å². The van der Waals surface area contributed by atoms with Crippen LogP contribution in [0.1, 0.15) is 33.3 Å². The van der Waals surface area contributed by atoms with Crippen molar-refractivity contribution < 1.29 is 9.72 Å². The molecule has 0 saturated carbocycles. The molecule has 0 N–H and O–H groups in total. The lowest BCUT2D eigenvalue weighted by atomic mass is 10.2. The Bertz CT molecular complexity index is 1010. The molecule has 1 amide bonds. The number of para-hydroxylation sites is 1. The summed E-state index contributed by atoms with van der Waals surface area (Å²) in [4.78, 5) is 33.1. The molecule has 0 aliphatic carbocycles. The van der Waals surface area contributed by atoms with Gasteiger partial charge in [0.25, 0.3) is 11.6 Å². The molecule has 1 aliphatic rings. The van der Waals surface area contributed by atoms with Gasteiger partial charge in [-0.1, -0.05) is 30.3 Å². The highest BCUT2D eigenvalue weighted by Gasteiger charge is 2.35. The molecule has 0 atom stereocenters. The number of nitro groups is 1. The predicted octanol–water partition coefficient (Wildman–Crippen LogP) is 5.28. The molecule has 0 radical (unpaired) electrons. The molecule has 2 aromatic carbocycles. The van der Waals surface area contributed by atoms with Crippen LogP contribution in [0, 0.1) is 10.1 Å². The zero-order valence-electron chi connectivity index (χ0n) is 18.1. The van der Waals surface area contributed by atoms with Crippen molar-refractivity contribution in [3.8, 4) is 0 Å². The van der Waals surface area contributed by atoms with Gasteiger partial charge in [0, 0.05) is 24.2 Å². The van der Waals surface area contributed by atoms with Crippen LogP contribution < -0.4 is 0 Å². The van der Waals surface area contributed by atoms with Crippen molar-refractivity contribution in [1.29, 1.82) is 0 Å². The van der Waals surface area contributed by atoms with Crippen LogP contribution in [0.4, 0.5) is 11.4 Å². The third kappa shape index (κ3) is 5.59. The Morgan fingerprint density at radius 2 is 1.77 bits per heavy atom. The van der Waals surface area contributed by atoms with E-state index in [2.05, 4.69) is 32.6 Å². The monoisotopic (exact) mass is 438 g/mol. The molecule has 0 aromatic heterocycles. The number of nitrogens with zero attached hydrogens (tertiary/aromatic N) is 4. The highest BCUT2D eigenvalue weighted by atomic mass is 32.2. The lowest BCUT2D eigenvalue weighted by Crippen LogP contribution is -2.47. The van der Waals surface area contributed by atoms with Crippen molar-refractivity contribution in [3.05, 3.63) is 75.2 Å². The second kappa shape index (κ2) is 9.89. The van der Waals surface area contributed by atoms with Crippen LogP contribution in [0.5, 0.6) is 0 Å². The molecule has 162 valence electrons. The Balaban J connectivity index is 1.98. The average Bonchev–Trinajstić information content (AvgIpc) is 3.00. The topological polar surface area (TPSA) is 79.0 Å². The van der Waals surface area contributed by atoms with Crippen LogP contribution in [-0.4, -0.2) is 44.6 Å². The van der Waals surface area contributed by atoms with Gasteiger partial charge in [0.2, 0.25) is 0 Å². The predicted molar refractivity (Wildman–Crippen MR) is 126 cm³/mol. The second-order valence-electron chi connectivity index (χ2n) is 7.77. The Kier molecular flexibility index (Phi) is 7.25. The molecule has 0 unspecified atom stereocenters. The smallest absolute Gasteiger partial charge is 0.270 e. The molecule has 3 rings (SSSR count). The van der Waals surface area contributed by atoms with E-state index in [9.17, 15) is 14.9 Å². The SMILES string of the molecule is CC(C)N(CN1C(=O)/C(=C/c2cccc([N+](=O)[O-])c2)SC1=Nc1ccccc1)C(C)C. The van der Waals surface area contributed by atoms with E-state index in [-0.39, 0.29) is 23.7 Å². The van der Waals surface area contributed by atoms with Gasteiger partial charge in [0.1, 0.15) is 0 Å². The number of benzene rings is 2. The normalized spacial score (nSPS) is 17.0. The Labute approximate surface area is 186 Å². The maximum absolute atomic E-state index is 13.3. The van der Waals surface area contributed by atoms with E-state index in [4.69, 9.17) is 4.99 Å². The maximum atomic E-state index is 13.3. The van der Waals surface area contributed by atoms with Gasteiger partial charge in [-0.2, -0.15) is 0 Å². The first kappa shape index (κ1) is 22.7. The molecular weight excluding hydrogens is 412 g/mol. The number of carbonyl (C=O) groups excluding carboxylic acids is 1. The highest BCUT2D eigenvalue weighted by molar-refractivity contribution is 8.18. The molecule has 1 saturated heterocycles. The van der Waals surface area contributed by atoms with Crippen LogP contribution in [0.15, 0.2) is 64.5 Å². The number of hydrogen-bond acceptors (Lipinski definition) is 6. The number of hydrogen-bond donors (Lipinski definition) is 0. The van der Waals surface area contributed by atoms with Gasteiger partial charge in [0.05, 0.1) is 22.2 Å². The van der Waals surface area contributed by atoms with E-state index in [1.54, 1.807) is 23.1 Å². The zero-order chi connectivity index (χ0) is 22.5. The summed E-state index contributed by atoms with van der Waals surface area (Å²) in [5.74, 6) is -0.155. The van der Waals surface area contributed by atoms with Gasteiger partial charge in [-0.05, 0) is 63.2 Å². The van der Waals surface area contributed by atoms with Crippen molar-refractivity contribution in [2.75, 3.05) is 6.67 Å². The van der Waals surface area contributed by atoms with Crippen LogP contribution in [0.2, 0.25) is 0 Å². The third-order valence-corrected chi connectivity index (χ3v) is 5.89. The second-order valence-corrected chi connectivity index (χ2v) is 8.78. The first-order chi connectivity index (χ1) is 14.8. The summed E-state index contributed by atoms with van der Waals surface area (Å²) < 4.78 is 0. The largest absolute Gasteiger partial charge is 0.281 e. The summed E-state index contributed by atoms with van der Waals surface area (Å²) in [5, 5.41) is 11.7. The fourth-order valence-electron chi connectivity index (χ4n) is 3.29. The minimum atomic E-state index is -0.441. The van der Waals surface area contributed by atoms with Gasteiger partial charge < -0.3 is 0 Å². The summed E-state index contributed by atoms with van der Waals surface area (Å²) in [6, 6.07) is 16.3. The minimum absolute atomic E-state index is 0.00869. The van der Waals surface area contributed by atoms with Gasteiger partial charge in [-0.25, -0.2) is 4.99 Å². The lowest BCUT2D eigenvalue weighted by molar-refractivity contribution is -0.384. The molecular formula is C23H26N4O3S. The molecule has 0 bridgehead atoms. The summed E-state index contributed by atoms with van der Waals surface area (Å²) in [6.45, 7) is 8.81. The molecule has 1 aliphatic heterocycles. The zero-order valence-corrected chi connectivity index (χ0v) is 18.9. The van der Waals surface area contributed by atoms with Crippen molar-refractivity contribution in [2.45, 2.75) is 39.8 Å².